The van der Waals surface area contributed by atoms with Crippen LogP contribution in [-0.2, 0) is 9.47 Å². The Morgan fingerprint density at radius 2 is 0.781 bits per heavy atom. The lowest BCUT2D eigenvalue weighted by Gasteiger charge is -2.47. The maximum Gasteiger partial charge on any atom is 0.113 e. The van der Waals surface area contributed by atoms with Crippen LogP contribution in [0, 0.1) is 11.8 Å². The van der Waals surface area contributed by atoms with E-state index in [1.165, 1.54) is 142 Å². The van der Waals surface area contributed by atoms with Gasteiger partial charge in [-0.2, -0.15) is 0 Å². The number of nitrogens with zero attached hydrogens (tertiary/aromatic N) is 2. The second kappa shape index (κ2) is 12.0. The highest BCUT2D eigenvalue weighted by Crippen LogP contribution is 2.36. The van der Waals surface area contributed by atoms with Crippen LogP contribution in [0.2, 0.25) is 0 Å². The van der Waals surface area contributed by atoms with Gasteiger partial charge in [0.25, 0.3) is 0 Å². The van der Waals surface area contributed by atoms with Gasteiger partial charge >= 0.3 is 0 Å². The zero-order chi connectivity index (χ0) is 21.6. The monoisotopic (exact) mass is 446 g/mol. The fourth-order valence-corrected chi connectivity index (χ4v) is 7.53. The van der Waals surface area contributed by atoms with E-state index in [1.807, 2.05) is 0 Å². The standard InChI is InChI=1S/C28H50N2O2/c1-3-7-15-25-17-21-30-20-10-14-24(28(30)31-25)12-6-2-4-8-16-26-18-22-29-19-9-13-23(11-5-1)27(29)32-26/h23-28H,1-22H2/t23-,24-,25-,26-,27+,28+/m0/s1. The lowest BCUT2D eigenvalue weighted by atomic mass is 9.87. The van der Waals surface area contributed by atoms with Gasteiger partial charge in [-0.3, -0.25) is 9.80 Å². The summed E-state index contributed by atoms with van der Waals surface area (Å²) < 4.78 is 13.5. The molecule has 0 aromatic rings. The highest BCUT2D eigenvalue weighted by molar-refractivity contribution is 4.85. The largest absolute Gasteiger partial charge is 0.360 e. The molecule has 4 bridgehead atoms. The van der Waals surface area contributed by atoms with E-state index in [-0.39, 0.29) is 0 Å². The minimum atomic E-state index is 0.440. The average Bonchev–Trinajstić information content (AvgIpc) is 2.83. The molecule has 0 aliphatic carbocycles. The van der Waals surface area contributed by atoms with Crippen molar-refractivity contribution in [2.24, 2.45) is 11.8 Å². The molecule has 4 heteroatoms. The molecule has 32 heavy (non-hydrogen) atoms. The summed E-state index contributed by atoms with van der Waals surface area (Å²) >= 11 is 0. The van der Waals surface area contributed by atoms with E-state index >= 15 is 0 Å². The molecular weight excluding hydrogens is 396 g/mol. The Morgan fingerprint density at radius 1 is 0.375 bits per heavy atom. The fourth-order valence-electron chi connectivity index (χ4n) is 7.53. The molecule has 5 aliphatic heterocycles. The Balaban J connectivity index is 1.16. The molecule has 0 aromatic carbocycles. The van der Waals surface area contributed by atoms with Crippen LogP contribution in [0.15, 0.2) is 0 Å². The molecule has 0 aromatic heterocycles. The number of piperidine rings is 2. The van der Waals surface area contributed by atoms with Crippen molar-refractivity contribution in [2.45, 2.75) is 140 Å². The van der Waals surface area contributed by atoms with Crippen molar-refractivity contribution in [3.05, 3.63) is 0 Å². The first-order valence-electron chi connectivity index (χ1n) is 14.7. The van der Waals surface area contributed by atoms with Crippen LogP contribution in [0.25, 0.3) is 0 Å². The maximum atomic E-state index is 6.74. The molecule has 0 radical (unpaired) electrons. The van der Waals surface area contributed by atoms with Gasteiger partial charge in [0.15, 0.2) is 0 Å². The van der Waals surface area contributed by atoms with Gasteiger partial charge in [-0.1, -0.05) is 51.4 Å². The van der Waals surface area contributed by atoms with Crippen molar-refractivity contribution >= 4 is 0 Å². The summed E-state index contributed by atoms with van der Waals surface area (Å²) in [5.74, 6) is 1.57. The molecule has 5 aliphatic rings. The maximum absolute atomic E-state index is 6.74. The minimum Gasteiger partial charge on any atom is -0.360 e. The summed E-state index contributed by atoms with van der Waals surface area (Å²) in [5.41, 5.74) is 0. The van der Waals surface area contributed by atoms with Crippen molar-refractivity contribution in [1.82, 2.24) is 9.80 Å². The first-order chi connectivity index (χ1) is 15.9. The van der Waals surface area contributed by atoms with E-state index < -0.39 is 0 Å². The Hall–Kier alpha value is -0.160. The van der Waals surface area contributed by atoms with Gasteiger partial charge in [0.2, 0.25) is 0 Å². The Kier molecular flexibility index (Phi) is 8.84. The van der Waals surface area contributed by atoms with Gasteiger partial charge in [-0.25, -0.2) is 0 Å². The van der Waals surface area contributed by atoms with Crippen LogP contribution in [0.3, 0.4) is 0 Å². The third-order valence-electron chi connectivity index (χ3n) is 9.41. The summed E-state index contributed by atoms with van der Waals surface area (Å²) in [6.07, 6.45) is 26.5. The first-order valence-corrected chi connectivity index (χ1v) is 14.7. The van der Waals surface area contributed by atoms with E-state index in [1.54, 1.807) is 0 Å². The lowest BCUT2D eigenvalue weighted by molar-refractivity contribution is -0.183. The predicted octanol–water partition coefficient (Wildman–Crippen LogP) is 6.34. The molecule has 5 heterocycles. The van der Waals surface area contributed by atoms with E-state index in [4.69, 9.17) is 9.47 Å². The number of hydrogen-bond acceptors (Lipinski definition) is 4. The zero-order valence-corrected chi connectivity index (χ0v) is 20.7. The molecule has 0 amide bonds. The topological polar surface area (TPSA) is 24.9 Å². The first kappa shape index (κ1) is 23.6. The molecule has 0 spiro atoms. The summed E-state index contributed by atoms with van der Waals surface area (Å²) in [7, 11) is 0. The average molecular weight is 447 g/mol. The number of fused-ring (bicyclic) bond motifs is 2. The van der Waals surface area contributed by atoms with Crippen LogP contribution in [-0.4, -0.2) is 60.6 Å². The molecule has 5 rings (SSSR count). The minimum absolute atomic E-state index is 0.440. The summed E-state index contributed by atoms with van der Waals surface area (Å²) in [5, 5.41) is 0. The van der Waals surface area contributed by atoms with Gasteiger partial charge in [-0.15, -0.1) is 0 Å². The van der Waals surface area contributed by atoms with Crippen molar-refractivity contribution in [3.63, 3.8) is 0 Å². The molecule has 0 saturated carbocycles. The quantitative estimate of drug-likeness (QED) is 0.434. The number of ether oxygens (including phenoxy) is 2. The Morgan fingerprint density at radius 3 is 1.25 bits per heavy atom. The van der Waals surface area contributed by atoms with Crippen LogP contribution < -0.4 is 0 Å². The molecule has 5 saturated heterocycles. The van der Waals surface area contributed by atoms with Gasteiger partial charge in [0.1, 0.15) is 12.5 Å². The van der Waals surface area contributed by atoms with Crippen LogP contribution in [0.4, 0.5) is 0 Å². The molecule has 4 nitrogen and oxygen atoms in total. The summed E-state index contributed by atoms with van der Waals surface area (Å²) in [4.78, 5) is 5.36. The van der Waals surface area contributed by atoms with E-state index in [0.717, 1.165) is 11.8 Å². The van der Waals surface area contributed by atoms with E-state index in [2.05, 4.69) is 9.80 Å². The SMILES string of the molecule is C1CCC[C@H]2CCCN3CC[C@H](CCCCCC[C@H]4CCCN5CC[C@H](CC1)O[C@H]45)O[C@H]23. The second-order valence-electron chi connectivity index (χ2n) is 11.7. The highest BCUT2D eigenvalue weighted by atomic mass is 16.5. The number of rotatable bonds is 0. The Bertz CT molecular complexity index is 510. The second-order valence-corrected chi connectivity index (χ2v) is 11.7. The van der Waals surface area contributed by atoms with Crippen LogP contribution in [0.5, 0.6) is 0 Å². The third kappa shape index (κ3) is 6.09. The third-order valence-corrected chi connectivity index (χ3v) is 9.41. The molecular formula is C28H50N2O2. The van der Waals surface area contributed by atoms with Crippen molar-refractivity contribution in [3.8, 4) is 0 Å². The van der Waals surface area contributed by atoms with E-state index in [9.17, 15) is 0 Å². The van der Waals surface area contributed by atoms with Crippen molar-refractivity contribution in [1.29, 1.82) is 0 Å². The predicted molar refractivity (Wildman–Crippen MR) is 131 cm³/mol. The fraction of sp³-hybridized carbons (Fsp3) is 1.00. The molecule has 0 unspecified atom stereocenters. The van der Waals surface area contributed by atoms with Crippen molar-refractivity contribution < 1.29 is 9.47 Å². The number of hydrogen-bond donors (Lipinski definition) is 0. The Labute approximate surface area is 197 Å². The van der Waals surface area contributed by atoms with Gasteiger partial charge < -0.3 is 9.47 Å². The van der Waals surface area contributed by atoms with Crippen LogP contribution in [0.1, 0.15) is 116 Å². The summed E-state index contributed by atoms with van der Waals surface area (Å²) in [6.45, 7) is 5.11. The van der Waals surface area contributed by atoms with Gasteiger partial charge in [0.05, 0.1) is 12.2 Å². The molecule has 6 atom stereocenters. The van der Waals surface area contributed by atoms with Gasteiger partial charge in [0, 0.05) is 26.2 Å². The normalized spacial score (nSPS) is 41.6. The zero-order valence-electron chi connectivity index (χ0n) is 20.7. The van der Waals surface area contributed by atoms with Gasteiger partial charge in [-0.05, 0) is 76.0 Å². The van der Waals surface area contributed by atoms with Crippen LogP contribution >= 0.6 is 0 Å². The molecule has 0 N–H and O–H groups in total. The smallest absolute Gasteiger partial charge is 0.113 e. The van der Waals surface area contributed by atoms with Crippen molar-refractivity contribution in [2.75, 3.05) is 26.2 Å². The lowest BCUT2D eigenvalue weighted by Crippen LogP contribution is -2.53. The molecule has 184 valence electrons. The van der Waals surface area contributed by atoms with E-state index in [0.29, 0.717) is 24.7 Å². The molecule has 5 fully saturated rings. The highest BCUT2D eigenvalue weighted by Gasteiger charge is 2.38. The summed E-state index contributed by atoms with van der Waals surface area (Å²) in [6, 6.07) is 0.